The van der Waals surface area contributed by atoms with E-state index in [1.807, 2.05) is 0 Å². The Morgan fingerprint density at radius 2 is 1.78 bits per heavy atom. The van der Waals surface area contributed by atoms with Gasteiger partial charge in [0.25, 0.3) is 5.91 Å². The smallest absolute Gasteiger partial charge is 0.255 e. The minimum atomic E-state index is -0.646. The highest BCUT2D eigenvalue weighted by atomic mass is 35.5. The van der Waals surface area contributed by atoms with Gasteiger partial charge >= 0.3 is 0 Å². The van der Waals surface area contributed by atoms with Crippen molar-refractivity contribution in [2.45, 2.75) is 5.92 Å². The molecular formula is C20H21ClN2O4. The standard InChI is InChI=1S/C20H21ClN2O4/c21-13-5-6-16-17(11-13)22-20(27)15-4-2-1-3-14(15)19(16)18(26)12-23(7-9-24)8-10-25/h1-6,11,19,24-25H,7-10,12H2,(H,22,27). The summed E-state index contributed by atoms with van der Waals surface area (Å²) in [6, 6.07) is 12.1. The number of aliphatic hydroxyl groups is 2. The van der Waals surface area contributed by atoms with E-state index < -0.39 is 5.92 Å². The molecule has 1 aliphatic rings. The van der Waals surface area contributed by atoms with Crippen LogP contribution in [0.2, 0.25) is 5.02 Å². The van der Waals surface area contributed by atoms with Crippen LogP contribution in [-0.4, -0.2) is 59.7 Å². The van der Waals surface area contributed by atoms with Gasteiger partial charge in [-0.05, 0) is 29.3 Å². The third-order valence-electron chi connectivity index (χ3n) is 4.62. The molecule has 1 heterocycles. The first-order chi connectivity index (χ1) is 13.0. The van der Waals surface area contributed by atoms with Crippen LogP contribution in [-0.2, 0) is 4.79 Å². The van der Waals surface area contributed by atoms with Crippen LogP contribution >= 0.6 is 11.6 Å². The monoisotopic (exact) mass is 388 g/mol. The van der Waals surface area contributed by atoms with Crippen LogP contribution in [0.3, 0.4) is 0 Å². The van der Waals surface area contributed by atoms with Gasteiger partial charge in [0.15, 0.2) is 5.78 Å². The SMILES string of the molecule is O=C1Nc2cc(Cl)ccc2C(C(=O)CN(CCO)CCO)c2ccccc21. The molecule has 0 saturated heterocycles. The lowest BCUT2D eigenvalue weighted by atomic mass is 9.85. The number of amides is 1. The van der Waals surface area contributed by atoms with Crippen LogP contribution in [0, 0.1) is 0 Å². The molecule has 0 aliphatic carbocycles. The van der Waals surface area contributed by atoms with E-state index >= 15 is 0 Å². The van der Waals surface area contributed by atoms with E-state index in [1.165, 1.54) is 0 Å². The van der Waals surface area contributed by atoms with Crippen LogP contribution in [0.4, 0.5) is 5.69 Å². The summed E-state index contributed by atoms with van der Waals surface area (Å²) in [7, 11) is 0. The summed E-state index contributed by atoms with van der Waals surface area (Å²) < 4.78 is 0. The number of nitrogens with one attached hydrogen (secondary N) is 1. The maximum atomic E-state index is 13.3. The molecule has 27 heavy (non-hydrogen) atoms. The van der Waals surface area contributed by atoms with E-state index in [1.54, 1.807) is 47.4 Å². The minimum absolute atomic E-state index is 0.0520. The van der Waals surface area contributed by atoms with Crippen molar-refractivity contribution in [3.8, 4) is 0 Å². The highest BCUT2D eigenvalue weighted by molar-refractivity contribution is 6.31. The van der Waals surface area contributed by atoms with E-state index in [2.05, 4.69) is 5.32 Å². The molecule has 1 unspecified atom stereocenters. The number of anilines is 1. The molecule has 0 fully saturated rings. The molecular weight excluding hydrogens is 368 g/mol. The first-order valence-electron chi connectivity index (χ1n) is 8.71. The number of aliphatic hydroxyl groups excluding tert-OH is 2. The molecule has 0 saturated carbocycles. The Morgan fingerprint density at radius 3 is 2.48 bits per heavy atom. The van der Waals surface area contributed by atoms with E-state index in [4.69, 9.17) is 11.6 Å². The molecule has 0 bridgehead atoms. The predicted octanol–water partition coefficient (Wildman–Crippen LogP) is 1.89. The molecule has 142 valence electrons. The van der Waals surface area contributed by atoms with Crippen molar-refractivity contribution in [1.29, 1.82) is 0 Å². The quantitative estimate of drug-likeness (QED) is 0.674. The van der Waals surface area contributed by atoms with Gasteiger partial charge in [0, 0.05) is 29.4 Å². The van der Waals surface area contributed by atoms with Crippen LogP contribution < -0.4 is 5.32 Å². The van der Waals surface area contributed by atoms with Gasteiger partial charge in [0.2, 0.25) is 0 Å². The molecule has 2 aromatic carbocycles. The fourth-order valence-corrected chi connectivity index (χ4v) is 3.58. The fourth-order valence-electron chi connectivity index (χ4n) is 3.41. The van der Waals surface area contributed by atoms with Gasteiger partial charge in [0.05, 0.1) is 25.7 Å². The zero-order valence-electron chi connectivity index (χ0n) is 14.7. The second-order valence-corrected chi connectivity index (χ2v) is 6.83. The minimum Gasteiger partial charge on any atom is -0.395 e. The van der Waals surface area contributed by atoms with Gasteiger partial charge in [0.1, 0.15) is 0 Å². The van der Waals surface area contributed by atoms with Gasteiger partial charge in [-0.15, -0.1) is 0 Å². The van der Waals surface area contributed by atoms with E-state index in [0.29, 0.717) is 27.4 Å². The average Bonchev–Trinajstić information content (AvgIpc) is 2.76. The maximum Gasteiger partial charge on any atom is 0.255 e. The van der Waals surface area contributed by atoms with Crippen molar-refractivity contribution in [1.82, 2.24) is 4.90 Å². The number of fused-ring (bicyclic) bond motifs is 2. The number of carbonyl (C=O) groups is 2. The van der Waals surface area contributed by atoms with Crippen LogP contribution in [0.1, 0.15) is 27.4 Å². The Bertz CT molecular complexity index is 850. The topological polar surface area (TPSA) is 89.9 Å². The maximum absolute atomic E-state index is 13.3. The van der Waals surface area contributed by atoms with Crippen LogP contribution in [0.15, 0.2) is 42.5 Å². The third-order valence-corrected chi connectivity index (χ3v) is 4.86. The molecule has 1 amide bonds. The Kier molecular flexibility index (Phi) is 6.23. The largest absolute Gasteiger partial charge is 0.395 e. The number of nitrogens with zero attached hydrogens (tertiary/aromatic N) is 1. The third kappa shape index (κ3) is 4.20. The summed E-state index contributed by atoms with van der Waals surface area (Å²) >= 11 is 6.08. The lowest BCUT2D eigenvalue weighted by Gasteiger charge is -2.24. The van der Waals surface area contributed by atoms with Gasteiger partial charge in [-0.3, -0.25) is 14.5 Å². The number of ketones is 1. The molecule has 0 spiro atoms. The number of halogens is 1. The number of hydrogen-bond donors (Lipinski definition) is 3. The summed E-state index contributed by atoms with van der Waals surface area (Å²) in [5.41, 5.74) is 2.27. The first kappa shape index (κ1) is 19.5. The summed E-state index contributed by atoms with van der Waals surface area (Å²) in [4.78, 5) is 27.6. The van der Waals surface area contributed by atoms with Crippen molar-refractivity contribution in [2.75, 3.05) is 38.2 Å². The second-order valence-electron chi connectivity index (χ2n) is 6.40. The van der Waals surface area contributed by atoms with Crippen LogP contribution in [0.25, 0.3) is 0 Å². The summed E-state index contributed by atoms with van der Waals surface area (Å²) in [6.07, 6.45) is 0. The number of hydrogen-bond acceptors (Lipinski definition) is 5. The van der Waals surface area contributed by atoms with Gasteiger partial charge < -0.3 is 15.5 Å². The highest BCUT2D eigenvalue weighted by Gasteiger charge is 2.32. The van der Waals surface area contributed by atoms with Crippen molar-refractivity contribution in [3.05, 3.63) is 64.2 Å². The Morgan fingerprint density at radius 1 is 1.07 bits per heavy atom. The number of carbonyl (C=O) groups excluding carboxylic acids is 2. The fraction of sp³-hybridized carbons (Fsp3) is 0.300. The molecule has 2 aromatic rings. The van der Waals surface area contributed by atoms with Gasteiger partial charge in [-0.1, -0.05) is 35.9 Å². The Labute approximate surface area is 162 Å². The molecule has 3 rings (SSSR count). The number of benzene rings is 2. The zero-order chi connectivity index (χ0) is 19.4. The normalized spacial score (nSPS) is 15.7. The molecule has 1 atom stereocenters. The Hall–Kier alpha value is -2.25. The summed E-state index contributed by atoms with van der Waals surface area (Å²) in [6.45, 7) is 0.397. The van der Waals surface area contributed by atoms with Crippen molar-refractivity contribution < 1.29 is 19.8 Å². The molecule has 0 radical (unpaired) electrons. The zero-order valence-corrected chi connectivity index (χ0v) is 15.4. The van der Waals surface area contributed by atoms with E-state index in [-0.39, 0.29) is 44.5 Å². The first-order valence-corrected chi connectivity index (χ1v) is 9.09. The predicted molar refractivity (Wildman–Crippen MR) is 103 cm³/mol. The Balaban J connectivity index is 2.06. The van der Waals surface area contributed by atoms with Crippen LogP contribution in [0.5, 0.6) is 0 Å². The molecule has 6 nitrogen and oxygen atoms in total. The van der Waals surface area contributed by atoms with Gasteiger partial charge in [-0.25, -0.2) is 0 Å². The van der Waals surface area contributed by atoms with Crippen molar-refractivity contribution in [3.63, 3.8) is 0 Å². The molecule has 3 N–H and O–H groups in total. The molecule has 0 aromatic heterocycles. The molecule has 1 aliphatic heterocycles. The molecule has 7 heteroatoms. The number of rotatable bonds is 7. The van der Waals surface area contributed by atoms with Gasteiger partial charge in [-0.2, -0.15) is 0 Å². The van der Waals surface area contributed by atoms with E-state index in [9.17, 15) is 19.8 Å². The summed E-state index contributed by atoms with van der Waals surface area (Å²) in [5, 5.41) is 21.7. The average molecular weight is 389 g/mol. The van der Waals surface area contributed by atoms with Crippen molar-refractivity contribution in [2.24, 2.45) is 0 Å². The van der Waals surface area contributed by atoms with E-state index in [0.717, 1.165) is 0 Å². The second kappa shape index (κ2) is 8.63. The van der Waals surface area contributed by atoms with Crippen molar-refractivity contribution >= 4 is 29.0 Å². The lowest BCUT2D eigenvalue weighted by Crippen LogP contribution is -2.37. The number of Topliss-reactive ketones (excluding diaryl/α,β-unsaturated/α-hetero) is 1. The lowest BCUT2D eigenvalue weighted by molar-refractivity contribution is -0.121. The highest BCUT2D eigenvalue weighted by Crippen LogP contribution is 2.37. The summed E-state index contributed by atoms with van der Waals surface area (Å²) in [5.74, 6) is -1.05.